The van der Waals surface area contributed by atoms with Crippen LogP contribution in [0.2, 0.25) is 0 Å². The first-order chi connectivity index (χ1) is 13.3. The molecule has 2 aromatic rings. The Morgan fingerprint density at radius 1 is 1.14 bits per heavy atom. The maximum Gasteiger partial charge on any atom is 0.416 e. The van der Waals surface area contributed by atoms with Crippen LogP contribution in [0.25, 0.3) is 6.08 Å². The molecule has 2 rings (SSSR count). The highest BCUT2D eigenvalue weighted by Crippen LogP contribution is 2.34. The fourth-order valence-electron chi connectivity index (χ4n) is 2.14. The molecule has 156 valence electrons. The van der Waals surface area contributed by atoms with Gasteiger partial charge in [-0.3, -0.25) is 10.1 Å². The lowest BCUT2D eigenvalue weighted by Crippen LogP contribution is -2.27. The molecule has 0 fully saturated rings. The molecule has 0 saturated carbocycles. The van der Waals surface area contributed by atoms with Crippen molar-refractivity contribution in [3.63, 3.8) is 0 Å². The monoisotopic (exact) mass is 427 g/mol. The van der Waals surface area contributed by atoms with Gasteiger partial charge in [-0.1, -0.05) is 0 Å². The Bertz CT molecular complexity index is 931. The van der Waals surface area contributed by atoms with E-state index in [-0.39, 0.29) is 11.4 Å². The molecule has 29 heavy (non-hydrogen) atoms. The van der Waals surface area contributed by atoms with Crippen molar-refractivity contribution in [1.29, 1.82) is 0 Å². The molecule has 2 N–H and O–H groups in total. The fourth-order valence-corrected chi connectivity index (χ4v) is 2.72. The van der Waals surface area contributed by atoms with Gasteiger partial charge >= 0.3 is 12.3 Å². The molecule has 1 aromatic heterocycles. The van der Waals surface area contributed by atoms with Gasteiger partial charge in [-0.05, 0) is 52.0 Å². The summed E-state index contributed by atoms with van der Waals surface area (Å²) < 4.78 is 44.2. The second kappa shape index (κ2) is 8.64. The second-order valence-electron chi connectivity index (χ2n) is 7.00. The van der Waals surface area contributed by atoms with E-state index < -0.39 is 29.3 Å². The number of anilines is 2. The van der Waals surface area contributed by atoms with Gasteiger partial charge in [-0.25, -0.2) is 9.78 Å². The normalized spacial score (nSPS) is 12.1. The van der Waals surface area contributed by atoms with Crippen LogP contribution < -0.4 is 10.6 Å². The highest BCUT2D eigenvalue weighted by atomic mass is 32.1. The smallest absolute Gasteiger partial charge is 0.416 e. The van der Waals surface area contributed by atoms with Gasteiger partial charge in [0.05, 0.1) is 27.6 Å². The van der Waals surface area contributed by atoms with Crippen LogP contribution in [0.3, 0.4) is 0 Å². The van der Waals surface area contributed by atoms with Crippen molar-refractivity contribution in [1.82, 2.24) is 4.98 Å². The average Bonchev–Trinajstić information content (AvgIpc) is 2.97. The molecule has 1 aromatic carbocycles. The van der Waals surface area contributed by atoms with Crippen molar-refractivity contribution in [2.24, 2.45) is 0 Å². The molecule has 0 radical (unpaired) electrons. The molecule has 0 saturated heterocycles. The van der Waals surface area contributed by atoms with Crippen LogP contribution in [0.15, 0.2) is 29.7 Å². The van der Waals surface area contributed by atoms with Crippen LogP contribution in [0, 0.1) is 6.92 Å². The van der Waals surface area contributed by atoms with Crippen molar-refractivity contribution in [2.45, 2.75) is 39.5 Å². The number of hydrogen-bond donors (Lipinski definition) is 2. The number of benzene rings is 1. The minimum absolute atomic E-state index is 0.0292. The van der Waals surface area contributed by atoms with Crippen LogP contribution in [0.4, 0.5) is 29.3 Å². The van der Waals surface area contributed by atoms with Gasteiger partial charge in [0.2, 0.25) is 5.91 Å². The van der Waals surface area contributed by atoms with Gasteiger partial charge in [0, 0.05) is 11.5 Å². The number of aryl methyl sites for hydroxylation is 1. The van der Waals surface area contributed by atoms with E-state index in [4.69, 9.17) is 4.74 Å². The van der Waals surface area contributed by atoms with Crippen LogP contribution >= 0.6 is 11.3 Å². The Labute approximate surface area is 169 Å². The standard InChI is InChI=1S/C19H20F3N3O3S/c1-11-23-13(10-29-11)6-8-16(26)24-15-9-12(19(20,21)22)5-7-14(15)25-17(27)28-18(2,3)4/h5-10H,1-4H3,(H,24,26)(H,25,27)/b8-6+. The molecular formula is C19H20F3N3O3S. The Hall–Kier alpha value is -2.88. The van der Waals surface area contributed by atoms with E-state index in [1.54, 1.807) is 33.1 Å². The lowest BCUT2D eigenvalue weighted by molar-refractivity contribution is -0.137. The lowest BCUT2D eigenvalue weighted by atomic mass is 10.1. The largest absolute Gasteiger partial charge is 0.444 e. The van der Waals surface area contributed by atoms with Gasteiger partial charge in [0.15, 0.2) is 0 Å². The van der Waals surface area contributed by atoms with Crippen molar-refractivity contribution < 1.29 is 27.5 Å². The number of aromatic nitrogens is 1. The number of halogens is 3. The topological polar surface area (TPSA) is 80.3 Å². The number of thiazole rings is 1. The predicted octanol–water partition coefficient (Wildman–Crippen LogP) is 5.47. The summed E-state index contributed by atoms with van der Waals surface area (Å²) in [5.41, 5.74) is -1.46. The number of ether oxygens (including phenoxy) is 1. The molecular weight excluding hydrogens is 407 g/mol. The summed E-state index contributed by atoms with van der Waals surface area (Å²) in [6, 6.07) is 2.59. The zero-order valence-corrected chi connectivity index (χ0v) is 17.0. The first kappa shape index (κ1) is 22.4. The van der Waals surface area contributed by atoms with Crippen LogP contribution in [-0.4, -0.2) is 22.6 Å². The number of hydrogen-bond acceptors (Lipinski definition) is 5. The summed E-state index contributed by atoms with van der Waals surface area (Å²) in [6.45, 7) is 6.74. The van der Waals surface area contributed by atoms with Crippen molar-refractivity contribution in [3.05, 3.63) is 45.9 Å². The lowest BCUT2D eigenvalue weighted by Gasteiger charge is -2.21. The molecule has 6 nitrogen and oxygen atoms in total. The van der Waals surface area contributed by atoms with Crippen LogP contribution in [-0.2, 0) is 15.7 Å². The van der Waals surface area contributed by atoms with Crippen molar-refractivity contribution in [2.75, 3.05) is 10.6 Å². The first-order valence-electron chi connectivity index (χ1n) is 8.46. The molecule has 0 atom stereocenters. The number of rotatable bonds is 4. The third-order valence-corrected chi connectivity index (χ3v) is 4.07. The first-order valence-corrected chi connectivity index (χ1v) is 9.34. The van der Waals surface area contributed by atoms with Gasteiger partial charge in [0.1, 0.15) is 5.60 Å². The minimum atomic E-state index is -4.61. The summed E-state index contributed by atoms with van der Waals surface area (Å²) in [5, 5.41) is 7.24. The van der Waals surface area contributed by atoms with Gasteiger partial charge < -0.3 is 10.1 Å². The average molecular weight is 427 g/mol. The highest BCUT2D eigenvalue weighted by Gasteiger charge is 2.31. The zero-order valence-electron chi connectivity index (χ0n) is 16.2. The van der Waals surface area contributed by atoms with E-state index in [1.807, 2.05) is 0 Å². The third-order valence-electron chi connectivity index (χ3n) is 3.28. The number of nitrogens with one attached hydrogen (secondary N) is 2. The van der Waals surface area contributed by atoms with E-state index in [1.165, 1.54) is 17.4 Å². The van der Waals surface area contributed by atoms with Crippen molar-refractivity contribution in [3.8, 4) is 0 Å². The quantitative estimate of drug-likeness (QED) is 0.634. The van der Waals surface area contributed by atoms with Gasteiger partial charge in [-0.2, -0.15) is 13.2 Å². The molecule has 0 spiro atoms. The second-order valence-corrected chi connectivity index (χ2v) is 8.06. The molecule has 10 heteroatoms. The van der Waals surface area contributed by atoms with E-state index in [9.17, 15) is 22.8 Å². The highest BCUT2D eigenvalue weighted by molar-refractivity contribution is 7.09. The summed E-state index contributed by atoms with van der Waals surface area (Å²) in [7, 11) is 0. The Morgan fingerprint density at radius 3 is 2.38 bits per heavy atom. The Kier molecular flexibility index (Phi) is 6.68. The van der Waals surface area contributed by atoms with Crippen molar-refractivity contribution >= 4 is 40.8 Å². The number of amides is 2. The third kappa shape index (κ3) is 7.22. The van der Waals surface area contributed by atoms with Crippen LogP contribution in [0.1, 0.15) is 37.0 Å². The van der Waals surface area contributed by atoms with E-state index >= 15 is 0 Å². The summed E-state index contributed by atoms with van der Waals surface area (Å²) in [5.74, 6) is -0.679. The SMILES string of the molecule is Cc1nc(/C=C/C(=O)Nc2cc(C(F)(F)F)ccc2NC(=O)OC(C)(C)C)cs1. The van der Waals surface area contributed by atoms with Crippen LogP contribution in [0.5, 0.6) is 0 Å². The summed E-state index contributed by atoms with van der Waals surface area (Å²) in [4.78, 5) is 28.3. The van der Waals surface area contributed by atoms with E-state index in [0.717, 1.165) is 29.3 Å². The number of carbonyl (C=O) groups excluding carboxylic acids is 2. The molecule has 2 amide bonds. The molecule has 0 aliphatic heterocycles. The Balaban J connectivity index is 2.24. The zero-order chi connectivity index (χ0) is 21.8. The van der Waals surface area contributed by atoms with Gasteiger partial charge in [0.25, 0.3) is 0 Å². The molecule has 0 unspecified atom stereocenters. The summed E-state index contributed by atoms with van der Waals surface area (Å²) in [6.07, 6.45) is -2.89. The number of carbonyl (C=O) groups is 2. The summed E-state index contributed by atoms with van der Waals surface area (Å²) >= 11 is 1.40. The molecule has 0 aliphatic carbocycles. The van der Waals surface area contributed by atoms with Gasteiger partial charge in [-0.15, -0.1) is 11.3 Å². The van der Waals surface area contributed by atoms with E-state index in [0.29, 0.717) is 5.69 Å². The Morgan fingerprint density at radius 2 is 1.83 bits per heavy atom. The maximum absolute atomic E-state index is 13.0. The number of nitrogens with zero attached hydrogens (tertiary/aromatic N) is 1. The minimum Gasteiger partial charge on any atom is -0.444 e. The molecule has 0 aliphatic rings. The van der Waals surface area contributed by atoms with E-state index in [2.05, 4.69) is 15.6 Å². The molecule has 0 bridgehead atoms. The molecule has 1 heterocycles. The maximum atomic E-state index is 13.0. The number of alkyl halides is 3. The predicted molar refractivity (Wildman–Crippen MR) is 106 cm³/mol. The fraction of sp³-hybridized carbons (Fsp3) is 0.316.